The number of aromatic nitrogens is 2. The molecule has 7 heteroatoms. The number of amides is 2. The molecule has 1 aromatic heterocycles. The monoisotopic (exact) mass is 346 g/mol. The van der Waals surface area contributed by atoms with E-state index in [0.29, 0.717) is 12.2 Å². The first kappa shape index (κ1) is 18.1. The van der Waals surface area contributed by atoms with Gasteiger partial charge >= 0.3 is 0 Å². The zero-order chi connectivity index (χ0) is 17.5. The van der Waals surface area contributed by atoms with Crippen LogP contribution in [0.25, 0.3) is 0 Å². The minimum atomic E-state index is -0.302. The lowest BCUT2D eigenvalue weighted by Crippen LogP contribution is -2.34. The van der Waals surface area contributed by atoms with Gasteiger partial charge in [0.25, 0.3) is 5.91 Å². The Bertz CT molecular complexity index is 727. The van der Waals surface area contributed by atoms with Gasteiger partial charge in [0.05, 0.1) is 12.2 Å². The lowest BCUT2D eigenvalue weighted by Gasteiger charge is -2.09. The van der Waals surface area contributed by atoms with Crippen molar-refractivity contribution >= 4 is 29.3 Å². The summed E-state index contributed by atoms with van der Waals surface area (Å²) >= 11 is 1.72. The Morgan fingerprint density at radius 1 is 1.29 bits per heavy atom. The van der Waals surface area contributed by atoms with Gasteiger partial charge in [-0.15, -0.1) is 0 Å². The number of hydrogen-bond donors (Lipinski definition) is 2. The molecular formula is C17H22N4O2S. The van der Waals surface area contributed by atoms with Gasteiger partial charge in [0.1, 0.15) is 5.69 Å². The fourth-order valence-corrected chi connectivity index (χ4v) is 2.84. The summed E-state index contributed by atoms with van der Waals surface area (Å²) in [6.07, 6.45) is 2.03. The van der Waals surface area contributed by atoms with E-state index in [-0.39, 0.29) is 18.4 Å². The molecule has 24 heavy (non-hydrogen) atoms. The van der Waals surface area contributed by atoms with Crippen molar-refractivity contribution in [2.75, 3.05) is 18.1 Å². The fourth-order valence-electron chi connectivity index (χ4n) is 2.33. The number of thioether (sulfide) groups is 1. The molecule has 128 valence electrons. The average molecular weight is 346 g/mol. The minimum absolute atomic E-state index is 0.0838. The number of benzene rings is 1. The Morgan fingerprint density at radius 2 is 2.08 bits per heavy atom. The van der Waals surface area contributed by atoms with Gasteiger partial charge in [0.15, 0.2) is 0 Å². The van der Waals surface area contributed by atoms with E-state index in [2.05, 4.69) is 15.7 Å². The van der Waals surface area contributed by atoms with Crippen molar-refractivity contribution in [1.82, 2.24) is 15.1 Å². The predicted octanol–water partition coefficient (Wildman–Crippen LogP) is 2.44. The second kappa shape index (κ2) is 8.54. The number of rotatable bonds is 7. The molecule has 0 fully saturated rings. The van der Waals surface area contributed by atoms with E-state index in [4.69, 9.17) is 0 Å². The van der Waals surface area contributed by atoms with Gasteiger partial charge in [-0.05, 0) is 43.9 Å². The van der Waals surface area contributed by atoms with Crippen LogP contribution in [0.2, 0.25) is 0 Å². The molecule has 0 atom stereocenters. The number of aryl methyl sites for hydroxylation is 2. The third-order valence-corrected chi connectivity index (χ3v) is 3.99. The smallest absolute Gasteiger partial charge is 0.269 e. The summed E-state index contributed by atoms with van der Waals surface area (Å²) in [6, 6.07) is 9.40. The normalized spacial score (nSPS) is 10.5. The van der Waals surface area contributed by atoms with Crippen LogP contribution in [0.4, 0.5) is 5.69 Å². The van der Waals surface area contributed by atoms with Gasteiger partial charge in [-0.25, -0.2) is 0 Å². The predicted molar refractivity (Wildman–Crippen MR) is 97.3 cm³/mol. The molecule has 0 aliphatic heterocycles. The van der Waals surface area contributed by atoms with Gasteiger partial charge in [-0.3, -0.25) is 14.3 Å². The zero-order valence-corrected chi connectivity index (χ0v) is 14.9. The Morgan fingerprint density at radius 3 is 2.79 bits per heavy atom. The van der Waals surface area contributed by atoms with Crippen molar-refractivity contribution in [2.45, 2.75) is 26.1 Å². The van der Waals surface area contributed by atoms with Gasteiger partial charge in [-0.2, -0.15) is 16.9 Å². The Kier molecular flexibility index (Phi) is 6.43. The topological polar surface area (TPSA) is 76.0 Å². The molecule has 0 saturated carbocycles. The molecule has 0 unspecified atom stereocenters. The molecule has 0 radical (unpaired) electrons. The molecular weight excluding hydrogens is 324 g/mol. The highest BCUT2D eigenvalue weighted by molar-refractivity contribution is 7.97. The number of nitrogens with one attached hydrogen (secondary N) is 2. The van der Waals surface area contributed by atoms with Crippen molar-refractivity contribution in [3.63, 3.8) is 0 Å². The lowest BCUT2D eigenvalue weighted by atomic mass is 10.2. The average Bonchev–Trinajstić information content (AvgIpc) is 2.94. The summed E-state index contributed by atoms with van der Waals surface area (Å²) in [5.74, 6) is 0.327. The molecule has 0 spiro atoms. The van der Waals surface area contributed by atoms with Crippen LogP contribution < -0.4 is 10.6 Å². The van der Waals surface area contributed by atoms with Crippen LogP contribution in [0, 0.1) is 6.92 Å². The number of hydrogen-bond acceptors (Lipinski definition) is 4. The summed E-state index contributed by atoms with van der Waals surface area (Å²) in [5.41, 5.74) is 3.11. The van der Waals surface area contributed by atoms with Crippen LogP contribution in [0.5, 0.6) is 0 Å². The number of carbonyl (C=O) groups excluding carboxylic acids is 2. The molecule has 1 aromatic carbocycles. The summed E-state index contributed by atoms with van der Waals surface area (Å²) < 4.78 is 1.62. The molecule has 0 bridgehead atoms. The second-order valence-corrected chi connectivity index (χ2v) is 6.22. The van der Waals surface area contributed by atoms with E-state index in [0.717, 1.165) is 22.7 Å². The first-order valence-corrected chi connectivity index (χ1v) is 9.13. The van der Waals surface area contributed by atoms with Crippen LogP contribution in [0.1, 0.15) is 28.7 Å². The number of carbonyl (C=O) groups is 2. The molecule has 2 aromatic rings. The van der Waals surface area contributed by atoms with Crippen molar-refractivity contribution in [2.24, 2.45) is 0 Å². The standard InChI is InChI=1S/C17H22N4O2S/c1-4-21-15(8-12(2)20-21)17(23)18-10-16(22)19-14-7-5-6-13(9-14)11-24-3/h5-9H,4,10-11H2,1-3H3,(H,18,23)(H,19,22). The van der Waals surface area contributed by atoms with Gasteiger partial charge in [0, 0.05) is 18.0 Å². The fraction of sp³-hybridized carbons (Fsp3) is 0.353. The Balaban J connectivity index is 1.91. The highest BCUT2D eigenvalue weighted by atomic mass is 32.2. The quantitative estimate of drug-likeness (QED) is 0.807. The first-order chi connectivity index (χ1) is 11.5. The summed E-state index contributed by atoms with van der Waals surface area (Å²) in [6.45, 7) is 4.26. The number of nitrogens with zero attached hydrogens (tertiary/aromatic N) is 2. The van der Waals surface area contributed by atoms with Crippen LogP contribution in [-0.2, 0) is 17.1 Å². The molecule has 2 N–H and O–H groups in total. The second-order valence-electron chi connectivity index (χ2n) is 5.35. The van der Waals surface area contributed by atoms with Crippen molar-refractivity contribution in [3.8, 4) is 0 Å². The molecule has 0 saturated heterocycles. The van der Waals surface area contributed by atoms with Crippen LogP contribution in [0.3, 0.4) is 0 Å². The summed E-state index contributed by atoms with van der Waals surface area (Å²) in [4.78, 5) is 24.2. The first-order valence-electron chi connectivity index (χ1n) is 7.74. The SMILES string of the molecule is CCn1nc(C)cc1C(=O)NCC(=O)Nc1cccc(CSC)c1. The molecule has 0 aliphatic rings. The van der Waals surface area contributed by atoms with E-state index in [1.807, 2.05) is 44.4 Å². The van der Waals surface area contributed by atoms with Crippen molar-refractivity contribution in [3.05, 3.63) is 47.3 Å². The summed E-state index contributed by atoms with van der Waals surface area (Å²) in [7, 11) is 0. The van der Waals surface area contributed by atoms with Gasteiger partial charge in [0.2, 0.25) is 5.91 Å². The number of anilines is 1. The van der Waals surface area contributed by atoms with E-state index in [9.17, 15) is 9.59 Å². The molecule has 0 aliphatic carbocycles. The van der Waals surface area contributed by atoms with E-state index < -0.39 is 0 Å². The van der Waals surface area contributed by atoms with Crippen LogP contribution in [-0.4, -0.2) is 34.4 Å². The largest absolute Gasteiger partial charge is 0.342 e. The lowest BCUT2D eigenvalue weighted by molar-refractivity contribution is -0.115. The van der Waals surface area contributed by atoms with E-state index in [1.54, 1.807) is 22.5 Å². The maximum atomic E-state index is 12.2. The highest BCUT2D eigenvalue weighted by Gasteiger charge is 2.14. The molecule has 6 nitrogen and oxygen atoms in total. The van der Waals surface area contributed by atoms with Crippen LogP contribution >= 0.6 is 11.8 Å². The maximum Gasteiger partial charge on any atom is 0.269 e. The third kappa shape index (κ3) is 4.86. The third-order valence-electron chi connectivity index (χ3n) is 3.37. The molecule has 2 amide bonds. The van der Waals surface area contributed by atoms with E-state index >= 15 is 0 Å². The van der Waals surface area contributed by atoms with Gasteiger partial charge < -0.3 is 10.6 Å². The summed E-state index contributed by atoms with van der Waals surface area (Å²) in [5, 5.41) is 9.65. The molecule has 2 rings (SSSR count). The Hall–Kier alpha value is -2.28. The highest BCUT2D eigenvalue weighted by Crippen LogP contribution is 2.14. The molecule has 1 heterocycles. The van der Waals surface area contributed by atoms with Crippen molar-refractivity contribution < 1.29 is 9.59 Å². The Labute approximate surface area is 146 Å². The maximum absolute atomic E-state index is 12.2. The van der Waals surface area contributed by atoms with Crippen LogP contribution in [0.15, 0.2) is 30.3 Å². The van der Waals surface area contributed by atoms with Gasteiger partial charge in [-0.1, -0.05) is 12.1 Å². The van der Waals surface area contributed by atoms with Crippen molar-refractivity contribution in [1.29, 1.82) is 0 Å². The minimum Gasteiger partial charge on any atom is -0.342 e. The van der Waals surface area contributed by atoms with E-state index in [1.165, 1.54) is 0 Å². The zero-order valence-electron chi connectivity index (χ0n) is 14.1.